The molecule has 0 amide bonds. The Kier molecular flexibility index (Phi) is 7.66. The third kappa shape index (κ3) is 5.15. The lowest BCUT2D eigenvalue weighted by Gasteiger charge is -2.12. The van der Waals surface area contributed by atoms with Crippen molar-refractivity contribution in [2.75, 3.05) is 19.4 Å². The zero-order valence-corrected chi connectivity index (χ0v) is 16.3. The van der Waals surface area contributed by atoms with Gasteiger partial charge in [0.15, 0.2) is 6.29 Å². The van der Waals surface area contributed by atoms with E-state index in [1.54, 1.807) is 19.2 Å². The van der Waals surface area contributed by atoms with Gasteiger partial charge in [-0.05, 0) is 43.8 Å². The van der Waals surface area contributed by atoms with E-state index in [4.69, 9.17) is 16.0 Å². The first-order valence-corrected chi connectivity index (χ1v) is 8.78. The van der Waals surface area contributed by atoms with Crippen LogP contribution in [-0.4, -0.2) is 25.4 Å². The van der Waals surface area contributed by atoms with Crippen molar-refractivity contribution in [1.29, 1.82) is 0 Å². The molecular weight excluding hydrogens is 388 g/mol. The van der Waals surface area contributed by atoms with Crippen molar-refractivity contribution in [2.45, 2.75) is 13.0 Å². The summed E-state index contributed by atoms with van der Waals surface area (Å²) in [6.45, 7) is 1.84. The standard InChI is InChI=1S/C10H6ClNO2.C10H14F2N2/c11-9-4-2-1-3-8(9)10-12-7(5-13)6-14-10;1-6(13-2)7-4-8(11)10(14-3)9(12)5-7/h1-6H;4-6,13-14H,1-3H3. The molecule has 0 spiro atoms. The predicted molar refractivity (Wildman–Crippen MR) is 106 cm³/mol. The minimum Gasteiger partial charge on any atom is -0.444 e. The molecule has 1 unspecified atom stereocenters. The Balaban J connectivity index is 0.000000200. The van der Waals surface area contributed by atoms with Gasteiger partial charge in [0.1, 0.15) is 29.3 Å². The third-order valence-corrected chi connectivity index (χ3v) is 4.32. The van der Waals surface area contributed by atoms with E-state index in [2.05, 4.69) is 15.6 Å². The number of aromatic nitrogens is 1. The van der Waals surface area contributed by atoms with E-state index < -0.39 is 11.6 Å². The molecule has 2 aromatic carbocycles. The molecule has 28 heavy (non-hydrogen) atoms. The predicted octanol–water partition coefficient (Wildman–Crippen LogP) is 5.09. The van der Waals surface area contributed by atoms with Gasteiger partial charge in [-0.2, -0.15) is 0 Å². The Morgan fingerprint density at radius 3 is 2.32 bits per heavy atom. The van der Waals surface area contributed by atoms with E-state index in [1.807, 2.05) is 19.1 Å². The van der Waals surface area contributed by atoms with Crippen LogP contribution in [0.25, 0.3) is 11.5 Å². The molecule has 0 bridgehead atoms. The first kappa shape index (κ1) is 21.5. The maximum atomic E-state index is 13.3. The van der Waals surface area contributed by atoms with Gasteiger partial charge in [0.05, 0.1) is 10.6 Å². The van der Waals surface area contributed by atoms with Crippen molar-refractivity contribution in [1.82, 2.24) is 10.3 Å². The Bertz CT molecular complexity index is 924. The molecule has 0 fully saturated rings. The van der Waals surface area contributed by atoms with Crippen molar-refractivity contribution in [2.24, 2.45) is 0 Å². The minimum atomic E-state index is -0.565. The highest BCUT2D eigenvalue weighted by atomic mass is 35.5. The molecule has 0 aliphatic rings. The summed E-state index contributed by atoms with van der Waals surface area (Å²) in [4.78, 5) is 14.3. The van der Waals surface area contributed by atoms with Crippen LogP contribution in [0.15, 0.2) is 47.1 Å². The zero-order valence-electron chi connectivity index (χ0n) is 15.6. The number of carbonyl (C=O) groups excluding carboxylic acids is 1. The molecule has 1 heterocycles. The molecule has 3 rings (SSSR count). The number of halogens is 3. The molecule has 0 saturated heterocycles. The van der Waals surface area contributed by atoms with Crippen LogP contribution < -0.4 is 10.6 Å². The maximum Gasteiger partial charge on any atom is 0.228 e. The number of nitrogens with one attached hydrogen (secondary N) is 2. The van der Waals surface area contributed by atoms with Crippen molar-refractivity contribution >= 4 is 23.6 Å². The van der Waals surface area contributed by atoms with E-state index >= 15 is 0 Å². The number of rotatable bonds is 5. The quantitative estimate of drug-likeness (QED) is 0.576. The van der Waals surface area contributed by atoms with Gasteiger partial charge < -0.3 is 15.1 Å². The van der Waals surface area contributed by atoms with E-state index in [0.29, 0.717) is 28.3 Å². The molecular formula is C20H20ClF2N3O2. The fraction of sp³-hybridized carbons (Fsp3) is 0.200. The summed E-state index contributed by atoms with van der Waals surface area (Å²) >= 11 is 5.92. The number of oxazole rings is 1. The highest BCUT2D eigenvalue weighted by Gasteiger charge is 2.12. The fourth-order valence-corrected chi connectivity index (χ4v) is 2.56. The summed E-state index contributed by atoms with van der Waals surface area (Å²) in [5.74, 6) is -0.771. The molecule has 3 aromatic rings. The molecule has 0 saturated carbocycles. The van der Waals surface area contributed by atoms with Crippen LogP contribution in [0.4, 0.5) is 14.5 Å². The average Bonchev–Trinajstić information content (AvgIpc) is 3.17. The summed E-state index contributed by atoms with van der Waals surface area (Å²) in [6, 6.07) is 9.75. The molecule has 1 aromatic heterocycles. The summed E-state index contributed by atoms with van der Waals surface area (Å²) in [5.41, 5.74) is 1.46. The molecule has 0 aliphatic carbocycles. The van der Waals surface area contributed by atoms with Gasteiger partial charge in [-0.3, -0.25) is 4.79 Å². The van der Waals surface area contributed by atoms with E-state index in [0.717, 1.165) is 0 Å². The molecule has 148 valence electrons. The number of benzene rings is 2. The van der Waals surface area contributed by atoms with Crippen LogP contribution in [0.1, 0.15) is 29.0 Å². The first-order valence-electron chi connectivity index (χ1n) is 8.40. The van der Waals surface area contributed by atoms with Crippen molar-refractivity contribution in [3.8, 4) is 11.5 Å². The number of carbonyl (C=O) groups is 1. The van der Waals surface area contributed by atoms with Gasteiger partial charge in [-0.1, -0.05) is 23.7 Å². The third-order valence-electron chi connectivity index (χ3n) is 3.99. The Hall–Kier alpha value is -2.77. The lowest BCUT2D eigenvalue weighted by molar-refractivity contribution is 0.111. The second kappa shape index (κ2) is 9.96. The molecule has 2 N–H and O–H groups in total. The van der Waals surface area contributed by atoms with Gasteiger partial charge in [-0.25, -0.2) is 13.8 Å². The second-order valence-corrected chi connectivity index (χ2v) is 6.20. The molecule has 0 radical (unpaired) electrons. The van der Waals surface area contributed by atoms with Crippen molar-refractivity contribution < 1.29 is 18.0 Å². The number of aldehydes is 1. The van der Waals surface area contributed by atoms with Gasteiger partial charge >= 0.3 is 0 Å². The van der Waals surface area contributed by atoms with Crippen LogP contribution in [0.3, 0.4) is 0 Å². The summed E-state index contributed by atoms with van der Waals surface area (Å²) in [5, 5.41) is 5.94. The van der Waals surface area contributed by atoms with Crippen LogP contribution in [0.5, 0.6) is 0 Å². The lowest BCUT2D eigenvalue weighted by Crippen LogP contribution is -2.13. The molecule has 0 aliphatic heterocycles. The minimum absolute atomic E-state index is 0.0649. The number of hydrogen-bond acceptors (Lipinski definition) is 5. The second-order valence-electron chi connectivity index (χ2n) is 5.80. The van der Waals surface area contributed by atoms with Crippen LogP contribution >= 0.6 is 11.6 Å². The van der Waals surface area contributed by atoms with E-state index in [1.165, 1.54) is 25.4 Å². The van der Waals surface area contributed by atoms with Crippen LogP contribution in [-0.2, 0) is 0 Å². The average molecular weight is 408 g/mol. The Morgan fingerprint density at radius 2 is 1.82 bits per heavy atom. The zero-order chi connectivity index (χ0) is 20.7. The Labute approximate surface area is 166 Å². The summed E-state index contributed by atoms with van der Waals surface area (Å²) in [7, 11) is 3.23. The van der Waals surface area contributed by atoms with Crippen LogP contribution in [0, 0.1) is 11.6 Å². The molecule has 5 nitrogen and oxygen atoms in total. The molecule has 8 heteroatoms. The molecule has 1 atom stereocenters. The van der Waals surface area contributed by atoms with E-state index in [9.17, 15) is 13.6 Å². The highest BCUT2D eigenvalue weighted by Crippen LogP contribution is 2.26. The van der Waals surface area contributed by atoms with Crippen molar-refractivity contribution in [3.05, 3.63) is 70.6 Å². The number of hydrogen-bond donors (Lipinski definition) is 2. The Morgan fingerprint density at radius 1 is 1.18 bits per heavy atom. The topological polar surface area (TPSA) is 67.2 Å². The number of anilines is 1. The van der Waals surface area contributed by atoms with Gasteiger partial charge in [0.25, 0.3) is 0 Å². The lowest BCUT2D eigenvalue weighted by atomic mass is 10.1. The largest absolute Gasteiger partial charge is 0.444 e. The SMILES string of the molecule is CNc1c(F)cc(C(C)NC)cc1F.O=Cc1coc(-c2ccccc2Cl)n1. The van der Waals surface area contributed by atoms with Gasteiger partial charge in [0, 0.05) is 13.1 Å². The maximum absolute atomic E-state index is 13.3. The highest BCUT2D eigenvalue weighted by molar-refractivity contribution is 6.33. The van der Waals surface area contributed by atoms with Crippen LogP contribution in [0.2, 0.25) is 5.02 Å². The van der Waals surface area contributed by atoms with Gasteiger partial charge in [0.2, 0.25) is 5.89 Å². The normalized spacial score (nSPS) is 11.4. The first-order chi connectivity index (χ1) is 13.4. The van der Waals surface area contributed by atoms with Gasteiger partial charge in [-0.15, -0.1) is 0 Å². The summed E-state index contributed by atoms with van der Waals surface area (Å²) < 4.78 is 31.7. The smallest absolute Gasteiger partial charge is 0.228 e. The number of nitrogens with zero attached hydrogens (tertiary/aromatic N) is 1. The summed E-state index contributed by atoms with van der Waals surface area (Å²) in [6.07, 6.45) is 1.93. The van der Waals surface area contributed by atoms with E-state index in [-0.39, 0.29) is 17.4 Å². The monoisotopic (exact) mass is 407 g/mol. The van der Waals surface area contributed by atoms with Crippen molar-refractivity contribution in [3.63, 3.8) is 0 Å². The fourth-order valence-electron chi connectivity index (χ4n) is 2.35.